The third kappa shape index (κ3) is 2.35. The molecule has 0 aliphatic heterocycles. The Morgan fingerprint density at radius 3 is 2.50 bits per heavy atom. The largest absolute Gasteiger partial charge is 0.392 e. The molecule has 0 bridgehead atoms. The van der Waals surface area contributed by atoms with Crippen molar-refractivity contribution in [3.8, 4) is 0 Å². The molecule has 0 heterocycles. The molecule has 18 heavy (non-hydrogen) atoms. The third-order valence-electron chi connectivity index (χ3n) is 3.49. The van der Waals surface area contributed by atoms with E-state index in [0.717, 1.165) is 25.7 Å². The van der Waals surface area contributed by atoms with Gasteiger partial charge in [0.2, 0.25) is 5.91 Å². The molecule has 0 radical (unpaired) electrons. The molecule has 1 aliphatic carbocycles. The number of hydrogen-bond donors (Lipinski definition) is 2. The Morgan fingerprint density at radius 1 is 1.33 bits per heavy atom. The van der Waals surface area contributed by atoms with E-state index in [1.165, 1.54) is 0 Å². The van der Waals surface area contributed by atoms with Crippen molar-refractivity contribution in [3.05, 3.63) is 29.3 Å². The van der Waals surface area contributed by atoms with Crippen molar-refractivity contribution < 1.29 is 4.79 Å². The lowest BCUT2D eigenvalue weighted by molar-refractivity contribution is -0.122. The molecule has 0 spiro atoms. The number of benzene rings is 1. The molecule has 5 heteroatoms. The maximum Gasteiger partial charge on any atom is 0.237 e. The van der Waals surface area contributed by atoms with Gasteiger partial charge in [-0.2, -0.15) is 0 Å². The molecular weight excluding hydrogens is 268 g/mol. The molecule has 1 fully saturated rings. The van der Waals surface area contributed by atoms with Crippen LogP contribution in [-0.4, -0.2) is 10.9 Å². The van der Waals surface area contributed by atoms with E-state index in [9.17, 15) is 4.79 Å². The van der Waals surface area contributed by atoms with Crippen molar-refractivity contribution in [1.82, 2.24) is 0 Å². The first-order chi connectivity index (χ1) is 8.56. The number of carbonyl (C=O) groups is 1. The average Bonchev–Trinajstić information content (AvgIpc) is 2.82. The van der Waals surface area contributed by atoms with E-state index >= 15 is 0 Å². The van der Waals surface area contributed by atoms with Gasteiger partial charge in [0.25, 0.3) is 0 Å². The summed E-state index contributed by atoms with van der Waals surface area (Å²) in [5, 5.41) is 3.35. The number of thiocarbonyl (C=S) groups is 1. The summed E-state index contributed by atoms with van der Waals surface area (Å²) in [6.45, 7) is 0. The average molecular weight is 283 g/mol. The minimum absolute atomic E-state index is 0.138. The lowest BCUT2D eigenvalue weighted by Gasteiger charge is -2.26. The van der Waals surface area contributed by atoms with E-state index in [-0.39, 0.29) is 10.9 Å². The second kappa shape index (κ2) is 5.24. The van der Waals surface area contributed by atoms with Gasteiger partial charge in [-0.3, -0.25) is 4.79 Å². The zero-order chi connectivity index (χ0) is 13.2. The zero-order valence-corrected chi connectivity index (χ0v) is 11.5. The second-order valence-corrected chi connectivity index (χ2v) is 5.43. The van der Waals surface area contributed by atoms with E-state index < -0.39 is 5.41 Å². The molecule has 2 rings (SSSR count). The standard InChI is InChI=1S/C13H15ClN2OS/c14-9-5-1-2-6-10(9)16-12(17)13(11(15)18)7-3-4-8-13/h1-2,5-6H,3-4,7-8H2,(H2,15,18)(H,16,17). The molecule has 0 unspecified atom stereocenters. The summed E-state index contributed by atoms with van der Waals surface area (Å²) >= 11 is 11.1. The lowest BCUT2D eigenvalue weighted by Crippen LogP contribution is -2.43. The highest BCUT2D eigenvalue weighted by Gasteiger charge is 2.44. The van der Waals surface area contributed by atoms with Crippen molar-refractivity contribution in [2.75, 3.05) is 5.32 Å². The van der Waals surface area contributed by atoms with Gasteiger partial charge in [0.1, 0.15) is 0 Å². The number of nitrogens with one attached hydrogen (secondary N) is 1. The SMILES string of the molecule is NC(=S)C1(C(=O)Nc2ccccc2Cl)CCCC1. The van der Waals surface area contributed by atoms with E-state index in [1.807, 2.05) is 12.1 Å². The molecule has 0 atom stereocenters. The van der Waals surface area contributed by atoms with Crippen LogP contribution in [0.25, 0.3) is 0 Å². The topological polar surface area (TPSA) is 55.1 Å². The van der Waals surface area contributed by atoms with Gasteiger partial charge in [0.05, 0.1) is 21.1 Å². The number of halogens is 1. The Bertz CT molecular complexity index is 484. The minimum Gasteiger partial charge on any atom is -0.392 e. The summed E-state index contributed by atoms with van der Waals surface area (Å²) in [5.74, 6) is -0.138. The Balaban J connectivity index is 2.21. The highest BCUT2D eigenvalue weighted by Crippen LogP contribution is 2.39. The first kappa shape index (κ1) is 13.3. The van der Waals surface area contributed by atoms with Gasteiger partial charge in [0, 0.05) is 0 Å². The molecule has 96 valence electrons. The summed E-state index contributed by atoms with van der Waals surface area (Å²) in [4.78, 5) is 12.7. The van der Waals surface area contributed by atoms with Gasteiger partial charge in [-0.25, -0.2) is 0 Å². The summed E-state index contributed by atoms with van der Waals surface area (Å²) in [7, 11) is 0. The van der Waals surface area contributed by atoms with Crippen molar-refractivity contribution in [2.45, 2.75) is 25.7 Å². The molecule has 0 saturated heterocycles. The number of anilines is 1. The summed E-state index contributed by atoms with van der Waals surface area (Å²) in [6.07, 6.45) is 3.40. The maximum absolute atomic E-state index is 12.4. The highest BCUT2D eigenvalue weighted by atomic mass is 35.5. The van der Waals surface area contributed by atoms with Gasteiger partial charge in [-0.15, -0.1) is 0 Å². The molecule has 1 aromatic rings. The van der Waals surface area contributed by atoms with E-state index in [1.54, 1.807) is 12.1 Å². The van der Waals surface area contributed by atoms with Crippen LogP contribution < -0.4 is 11.1 Å². The number of hydrogen-bond acceptors (Lipinski definition) is 2. The number of rotatable bonds is 3. The molecule has 1 saturated carbocycles. The first-order valence-electron chi connectivity index (χ1n) is 5.92. The molecule has 1 aromatic carbocycles. The molecule has 3 nitrogen and oxygen atoms in total. The predicted molar refractivity (Wildman–Crippen MR) is 77.8 cm³/mol. The van der Waals surface area contributed by atoms with Crippen LogP contribution in [0.1, 0.15) is 25.7 Å². The number of nitrogens with two attached hydrogens (primary N) is 1. The number of amides is 1. The molecule has 0 aromatic heterocycles. The van der Waals surface area contributed by atoms with Crippen molar-refractivity contribution in [3.63, 3.8) is 0 Å². The van der Waals surface area contributed by atoms with Crippen LogP contribution in [0.2, 0.25) is 5.02 Å². The lowest BCUT2D eigenvalue weighted by atomic mass is 9.85. The van der Waals surface area contributed by atoms with Crippen LogP contribution in [0.15, 0.2) is 24.3 Å². The summed E-state index contributed by atoms with van der Waals surface area (Å²) in [6, 6.07) is 7.14. The first-order valence-corrected chi connectivity index (χ1v) is 6.71. The Kier molecular flexibility index (Phi) is 3.88. The van der Waals surface area contributed by atoms with Gasteiger partial charge < -0.3 is 11.1 Å². The van der Waals surface area contributed by atoms with Gasteiger partial charge in [-0.05, 0) is 25.0 Å². The smallest absolute Gasteiger partial charge is 0.237 e. The minimum atomic E-state index is -0.700. The molecular formula is C13H15ClN2OS. The Hall–Kier alpha value is -1.13. The number of carbonyl (C=O) groups excluding carboxylic acids is 1. The summed E-state index contributed by atoms with van der Waals surface area (Å²) < 4.78 is 0. The third-order valence-corrected chi connectivity index (χ3v) is 4.21. The summed E-state index contributed by atoms with van der Waals surface area (Å²) in [5.41, 5.74) is 5.67. The van der Waals surface area contributed by atoms with Crippen LogP contribution in [0.5, 0.6) is 0 Å². The van der Waals surface area contributed by atoms with E-state index in [2.05, 4.69) is 5.32 Å². The van der Waals surface area contributed by atoms with Gasteiger partial charge >= 0.3 is 0 Å². The second-order valence-electron chi connectivity index (χ2n) is 4.59. The van der Waals surface area contributed by atoms with Crippen LogP contribution in [-0.2, 0) is 4.79 Å². The fourth-order valence-electron chi connectivity index (χ4n) is 2.37. The van der Waals surface area contributed by atoms with Crippen LogP contribution in [0.4, 0.5) is 5.69 Å². The monoisotopic (exact) mass is 282 g/mol. The molecule has 3 N–H and O–H groups in total. The zero-order valence-electron chi connectivity index (χ0n) is 9.91. The van der Waals surface area contributed by atoms with E-state index in [4.69, 9.17) is 29.6 Å². The highest BCUT2D eigenvalue weighted by molar-refractivity contribution is 7.80. The van der Waals surface area contributed by atoms with Crippen LogP contribution in [0, 0.1) is 5.41 Å². The van der Waals surface area contributed by atoms with Gasteiger partial charge in [-0.1, -0.05) is 48.8 Å². The van der Waals surface area contributed by atoms with Crippen LogP contribution in [0.3, 0.4) is 0 Å². The number of para-hydroxylation sites is 1. The van der Waals surface area contributed by atoms with Crippen molar-refractivity contribution in [1.29, 1.82) is 0 Å². The van der Waals surface area contributed by atoms with Crippen LogP contribution >= 0.6 is 23.8 Å². The van der Waals surface area contributed by atoms with Crippen molar-refractivity contribution >= 4 is 40.4 Å². The maximum atomic E-state index is 12.4. The fourth-order valence-corrected chi connectivity index (χ4v) is 2.85. The molecule has 1 amide bonds. The molecule has 1 aliphatic rings. The Morgan fingerprint density at radius 2 is 1.94 bits per heavy atom. The van der Waals surface area contributed by atoms with Crippen molar-refractivity contribution in [2.24, 2.45) is 11.1 Å². The van der Waals surface area contributed by atoms with Gasteiger partial charge in [0.15, 0.2) is 0 Å². The normalized spacial score (nSPS) is 17.4. The fraction of sp³-hybridized carbons (Fsp3) is 0.385. The van der Waals surface area contributed by atoms with E-state index in [0.29, 0.717) is 10.7 Å². The Labute approximate surface area is 117 Å². The quantitative estimate of drug-likeness (QED) is 0.838. The predicted octanol–water partition coefficient (Wildman–Crippen LogP) is 3.13.